The highest BCUT2D eigenvalue weighted by atomic mass is 16.5. The maximum Gasteiger partial charge on any atom is 0.147 e. The van der Waals surface area contributed by atoms with E-state index in [9.17, 15) is 0 Å². The van der Waals surface area contributed by atoms with Crippen molar-refractivity contribution >= 4 is 5.69 Å². The molecule has 3 nitrogen and oxygen atoms in total. The molecule has 1 aliphatic carbocycles. The largest absolute Gasteiger partial charge is 0.384 e. The number of nitrogens with one attached hydrogen (secondary N) is 1. The number of anilines is 1. The molecule has 1 aromatic carbocycles. The van der Waals surface area contributed by atoms with Gasteiger partial charge < -0.3 is 9.84 Å². The molecule has 1 heterocycles. The van der Waals surface area contributed by atoms with E-state index in [1.165, 1.54) is 11.1 Å². The van der Waals surface area contributed by atoms with Crippen molar-refractivity contribution in [3.63, 3.8) is 0 Å². The van der Waals surface area contributed by atoms with Crippen molar-refractivity contribution in [3.05, 3.63) is 47.3 Å². The molecule has 0 fully saturated rings. The number of aromatic nitrogens is 1. The van der Waals surface area contributed by atoms with E-state index in [1.807, 2.05) is 7.05 Å². The molecule has 0 saturated heterocycles. The zero-order chi connectivity index (χ0) is 13.5. The average Bonchev–Trinajstić information content (AvgIpc) is 2.92. The molecule has 0 radical (unpaired) electrons. The topological polar surface area (TPSA) is 38.1 Å². The van der Waals surface area contributed by atoms with Crippen LogP contribution in [0.2, 0.25) is 0 Å². The Kier molecular flexibility index (Phi) is 2.85. The normalized spacial score (nSPS) is 25.9. The zero-order valence-corrected chi connectivity index (χ0v) is 11.7. The fraction of sp³-hybridized carbons (Fsp3) is 0.438. The minimum atomic E-state index is 0.0275. The highest BCUT2D eigenvalue weighted by Gasteiger charge is 2.41. The SMILES string of the molecule is CNc1conc1C1(C)CCc2ccccc2C1C. The summed E-state index contributed by atoms with van der Waals surface area (Å²) in [6.45, 7) is 4.60. The van der Waals surface area contributed by atoms with Crippen LogP contribution in [0, 0.1) is 0 Å². The first-order chi connectivity index (χ1) is 9.16. The molecule has 1 aromatic heterocycles. The van der Waals surface area contributed by atoms with Gasteiger partial charge in [0.25, 0.3) is 0 Å². The van der Waals surface area contributed by atoms with Crippen LogP contribution < -0.4 is 5.32 Å². The lowest BCUT2D eigenvalue weighted by molar-refractivity contribution is 0.310. The Balaban J connectivity index is 2.07. The van der Waals surface area contributed by atoms with Gasteiger partial charge in [0.05, 0.1) is 5.69 Å². The number of aryl methyl sites for hydroxylation is 1. The quantitative estimate of drug-likeness (QED) is 0.889. The maximum absolute atomic E-state index is 5.18. The van der Waals surface area contributed by atoms with Gasteiger partial charge in [0.15, 0.2) is 0 Å². The number of hydrogen-bond acceptors (Lipinski definition) is 3. The summed E-state index contributed by atoms with van der Waals surface area (Å²) in [6.07, 6.45) is 3.91. The van der Waals surface area contributed by atoms with Gasteiger partial charge in [-0.2, -0.15) is 0 Å². The van der Waals surface area contributed by atoms with Crippen LogP contribution in [0.15, 0.2) is 35.1 Å². The predicted octanol–water partition coefficient (Wildman–Crippen LogP) is 3.72. The average molecular weight is 256 g/mol. The number of nitrogens with zero attached hydrogens (tertiary/aromatic N) is 1. The summed E-state index contributed by atoms with van der Waals surface area (Å²) in [5, 5.41) is 7.45. The Morgan fingerprint density at radius 1 is 1.37 bits per heavy atom. The first-order valence-corrected chi connectivity index (χ1v) is 6.87. The minimum Gasteiger partial charge on any atom is -0.384 e. The number of fused-ring (bicyclic) bond motifs is 1. The lowest BCUT2D eigenvalue weighted by Gasteiger charge is -2.40. The molecule has 1 N–H and O–H groups in total. The number of hydrogen-bond donors (Lipinski definition) is 1. The first-order valence-electron chi connectivity index (χ1n) is 6.87. The molecule has 1 aliphatic rings. The van der Waals surface area contributed by atoms with Gasteiger partial charge in [0.1, 0.15) is 12.0 Å². The third kappa shape index (κ3) is 1.76. The molecule has 2 unspecified atom stereocenters. The van der Waals surface area contributed by atoms with Gasteiger partial charge in [-0.25, -0.2) is 0 Å². The Morgan fingerprint density at radius 2 is 2.16 bits per heavy atom. The molecule has 0 aliphatic heterocycles. The van der Waals surface area contributed by atoms with E-state index < -0.39 is 0 Å². The van der Waals surface area contributed by atoms with E-state index in [0.717, 1.165) is 24.2 Å². The lowest BCUT2D eigenvalue weighted by Crippen LogP contribution is -2.34. The van der Waals surface area contributed by atoms with E-state index in [4.69, 9.17) is 4.52 Å². The molecule has 0 spiro atoms. The zero-order valence-electron chi connectivity index (χ0n) is 11.7. The summed E-state index contributed by atoms with van der Waals surface area (Å²) >= 11 is 0. The molecule has 100 valence electrons. The van der Waals surface area contributed by atoms with Crippen LogP contribution in [0.1, 0.15) is 43.0 Å². The summed E-state index contributed by atoms with van der Waals surface area (Å²) in [6, 6.07) is 8.75. The Hall–Kier alpha value is -1.77. The number of rotatable bonds is 2. The van der Waals surface area contributed by atoms with Gasteiger partial charge in [-0.1, -0.05) is 43.3 Å². The van der Waals surface area contributed by atoms with Crippen molar-refractivity contribution in [2.75, 3.05) is 12.4 Å². The highest BCUT2D eigenvalue weighted by Crippen LogP contribution is 2.48. The van der Waals surface area contributed by atoms with E-state index in [-0.39, 0.29) is 5.41 Å². The van der Waals surface area contributed by atoms with E-state index >= 15 is 0 Å². The second-order valence-corrected chi connectivity index (χ2v) is 5.66. The summed E-state index contributed by atoms with van der Waals surface area (Å²) in [4.78, 5) is 0. The molecule has 2 atom stereocenters. The molecule has 0 amide bonds. The van der Waals surface area contributed by atoms with Crippen LogP contribution in [0.5, 0.6) is 0 Å². The van der Waals surface area contributed by atoms with Gasteiger partial charge in [-0.05, 0) is 29.9 Å². The van der Waals surface area contributed by atoms with Crippen molar-refractivity contribution < 1.29 is 4.52 Å². The fourth-order valence-corrected chi connectivity index (χ4v) is 3.29. The second-order valence-electron chi connectivity index (χ2n) is 5.66. The molecule has 0 saturated carbocycles. The smallest absolute Gasteiger partial charge is 0.147 e. The third-order valence-corrected chi connectivity index (χ3v) is 4.77. The monoisotopic (exact) mass is 256 g/mol. The molecule has 19 heavy (non-hydrogen) atoms. The highest BCUT2D eigenvalue weighted by molar-refractivity contribution is 5.51. The minimum absolute atomic E-state index is 0.0275. The van der Waals surface area contributed by atoms with Crippen LogP contribution >= 0.6 is 0 Å². The van der Waals surface area contributed by atoms with Crippen molar-refractivity contribution in [2.45, 2.75) is 38.0 Å². The van der Waals surface area contributed by atoms with Crippen molar-refractivity contribution in [1.29, 1.82) is 0 Å². The molecule has 3 heteroatoms. The molecule has 3 rings (SSSR count). The number of benzene rings is 1. The van der Waals surface area contributed by atoms with Crippen LogP contribution in [-0.2, 0) is 11.8 Å². The van der Waals surface area contributed by atoms with Crippen LogP contribution in [0.25, 0.3) is 0 Å². The van der Waals surface area contributed by atoms with Gasteiger partial charge in [-0.3, -0.25) is 0 Å². The van der Waals surface area contributed by atoms with Crippen molar-refractivity contribution in [1.82, 2.24) is 5.16 Å². The van der Waals surface area contributed by atoms with Crippen LogP contribution in [-0.4, -0.2) is 12.2 Å². The van der Waals surface area contributed by atoms with E-state index in [1.54, 1.807) is 6.26 Å². The van der Waals surface area contributed by atoms with Crippen LogP contribution in [0.3, 0.4) is 0 Å². The van der Waals surface area contributed by atoms with Crippen molar-refractivity contribution in [2.24, 2.45) is 0 Å². The summed E-state index contributed by atoms with van der Waals surface area (Å²) in [5.41, 5.74) is 5.01. The van der Waals surface area contributed by atoms with E-state index in [2.05, 4.69) is 48.6 Å². The molecular weight excluding hydrogens is 236 g/mol. The van der Waals surface area contributed by atoms with Gasteiger partial charge in [0, 0.05) is 12.5 Å². The summed E-state index contributed by atoms with van der Waals surface area (Å²) < 4.78 is 5.18. The second kappa shape index (κ2) is 4.41. The maximum atomic E-state index is 5.18. The first kappa shape index (κ1) is 12.3. The van der Waals surface area contributed by atoms with E-state index in [0.29, 0.717) is 5.92 Å². The molecule has 2 aromatic rings. The molecular formula is C16H20N2O. The fourth-order valence-electron chi connectivity index (χ4n) is 3.29. The summed E-state index contributed by atoms with van der Waals surface area (Å²) in [7, 11) is 1.92. The van der Waals surface area contributed by atoms with Crippen molar-refractivity contribution in [3.8, 4) is 0 Å². The standard InChI is InChI=1S/C16H20N2O/c1-11-13-7-5-4-6-12(13)8-9-16(11,2)15-14(17-3)10-19-18-15/h4-7,10-11,17H,8-9H2,1-3H3. The van der Waals surface area contributed by atoms with Crippen LogP contribution in [0.4, 0.5) is 5.69 Å². The Bertz CT molecular complexity index is 590. The summed E-state index contributed by atoms with van der Waals surface area (Å²) in [5.74, 6) is 0.439. The third-order valence-electron chi connectivity index (χ3n) is 4.77. The Labute approximate surface area is 114 Å². The van der Waals surface area contributed by atoms with Gasteiger partial charge >= 0.3 is 0 Å². The lowest BCUT2D eigenvalue weighted by atomic mass is 9.64. The van der Waals surface area contributed by atoms with Gasteiger partial charge in [0.2, 0.25) is 0 Å². The Morgan fingerprint density at radius 3 is 2.95 bits per heavy atom. The van der Waals surface area contributed by atoms with Gasteiger partial charge in [-0.15, -0.1) is 0 Å². The predicted molar refractivity (Wildman–Crippen MR) is 76.6 cm³/mol. The molecule has 0 bridgehead atoms.